The number of hydrogen-bond donors (Lipinski definition) is 2. The number of carbonyl (C=O) groups excluding carboxylic acids is 1. The summed E-state index contributed by atoms with van der Waals surface area (Å²) in [7, 11) is 0. The molecule has 1 aromatic heterocycles. The molecule has 1 aromatic carbocycles. The molecule has 4 heterocycles. The second kappa shape index (κ2) is 7.39. The van der Waals surface area contributed by atoms with E-state index >= 15 is 0 Å². The molecule has 1 amide bonds. The number of nitrogen functional groups attached to an aromatic ring is 1. The lowest BCUT2D eigenvalue weighted by molar-refractivity contribution is -0.143. The fraction of sp³-hybridized carbons (Fsp3) is 0.500. The molecule has 2 saturated heterocycles. The van der Waals surface area contributed by atoms with Crippen LogP contribution in [0.4, 0.5) is 5.95 Å². The molecule has 3 aliphatic rings. The summed E-state index contributed by atoms with van der Waals surface area (Å²) in [6, 6.07) is 10.2. The number of rotatable bonds is 2. The zero-order valence-electron chi connectivity index (χ0n) is 16.5. The maximum atomic E-state index is 13.3. The fourth-order valence-electron chi connectivity index (χ4n) is 5.11. The highest BCUT2D eigenvalue weighted by Gasteiger charge is 2.45. The third-order valence-electron chi connectivity index (χ3n) is 6.66. The average molecular weight is 393 g/mol. The van der Waals surface area contributed by atoms with E-state index < -0.39 is 5.60 Å². The standard InChI is InChI=1S/C22H27N5O2/c23-21-25-14-16-7-13-29-22(19(16)26-21)8-11-27(12-9-22)20(28)18-17(6-10-24-18)15-4-2-1-3-5-15/h1-5,14,17-18,24H,6-13H2,(H2,23,25,26)/t17-,18+/m1/s1. The topological polar surface area (TPSA) is 93.4 Å². The van der Waals surface area contributed by atoms with Crippen LogP contribution in [-0.2, 0) is 21.6 Å². The zero-order valence-corrected chi connectivity index (χ0v) is 16.5. The van der Waals surface area contributed by atoms with Crippen molar-refractivity contribution in [1.82, 2.24) is 20.2 Å². The van der Waals surface area contributed by atoms with Gasteiger partial charge in [-0.2, -0.15) is 0 Å². The summed E-state index contributed by atoms with van der Waals surface area (Å²) < 4.78 is 6.23. The molecule has 152 valence electrons. The van der Waals surface area contributed by atoms with Gasteiger partial charge in [-0.1, -0.05) is 30.3 Å². The molecular formula is C22H27N5O2. The highest BCUT2D eigenvalue weighted by atomic mass is 16.5. The first-order valence-electron chi connectivity index (χ1n) is 10.5. The van der Waals surface area contributed by atoms with Crippen molar-refractivity contribution in [3.63, 3.8) is 0 Å². The van der Waals surface area contributed by atoms with Crippen molar-refractivity contribution in [3.05, 3.63) is 53.3 Å². The Balaban J connectivity index is 1.31. The second-order valence-electron chi connectivity index (χ2n) is 8.26. The van der Waals surface area contributed by atoms with Crippen molar-refractivity contribution >= 4 is 11.9 Å². The number of nitrogens with one attached hydrogen (secondary N) is 1. The third kappa shape index (κ3) is 3.28. The van der Waals surface area contributed by atoms with Gasteiger partial charge in [0.05, 0.1) is 18.3 Å². The van der Waals surface area contributed by atoms with Crippen LogP contribution in [0.3, 0.4) is 0 Å². The minimum Gasteiger partial charge on any atom is -0.368 e. The van der Waals surface area contributed by atoms with Crippen LogP contribution in [0.25, 0.3) is 0 Å². The van der Waals surface area contributed by atoms with Crippen molar-refractivity contribution in [2.24, 2.45) is 0 Å². The van der Waals surface area contributed by atoms with Crippen LogP contribution in [0, 0.1) is 0 Å². The van der Waals surface area contributed by atoms with Crippen molar-refractivity contribution in [2.75, 3.05) is 32.0 Å². The van der Waals surface area contributed by atoms with E-state index in [1.807, 2.05) is 29.3 Å². The summed E-state index contributed by atoms with van der Waals surface area (Å²) in [5, 5.41) is 3.44. The molecule has 2 fully saturated rings. The first-order valence-corrected chi connectivity index (χ1v) is 10.5. The van der Waals surface area contributed by atoms with E-state index in [9.17, 15) is 4.79 Å². The summed E-state index contributed by atoms with van der Waals surface area (Å²) in [6.45, 7) is 2.87. The molecule has 5 rings (SSSR count). The lowest BCUT2D eigenvalue weighted by Crippen LogP contribution is -2.53. The summed E-state index contributed by atoms with van der Waals surface area (Å²) in [6.07, 6.45) is 5.11. The van der Waals surface area contributed by atoms with Gasteiger partial charge in [0.2, 0.25) is 11.9 Å². The quantitative estimate of drug-likeness (QED) is 0.805. The number of anilines is 1. The molecule has 7 nitrogen and oxygen atoms in total. The monoisotopic (exact) mass is 393 g/mol. The Labute approximate surface area is 170 Å². The molecule has 2 aromatic rings. The van der Waals surface area contributed by atoms with Gasteiger partial charge in [-0.3, -0.25) is 4.79 Å². The fourth-order valence-corrected chi connectivity index (χ4v) is 5.11. The molecule has 7 heteroatoms. The molecule has 3 N–H and O–H groups in total. The molecule has 0 unspecified atom stereocenters. The molecule has 0 bridgehead atoms. The Kier molecular flexibility index (Phi) is 4.72. The van der Waals surface area contributed by atoms with Gasteiger partial charge in [-0.15, -0.1) is 0 Å². The zero-order chi connectivity index (χ0) is 19.8. The summed E-state index contributed by atoms with van der Waals surface area (Å²) in [4.78, 5) is 24.0. The second-order valence-corrected chi connectivity index (χ2v) is 8.26. The summed E-state index contributed by atoms with van der Waals surface area (Å²) in [5.74, 6) is 0.719. The van der Waals surface area contributed by atoms with E-state index in [2.05, 4.69) is 27.4 Å². The van der Waals surface area contributed by atoms with Gasteiger partial charge < -0.3 is 20.7 Å². The maximum absolute atomic E-state index is 13.3. The van der Waals surface area contributed by atoms with Crippen LogP contribution >= 0.6 is 0 Å². The van der Waals surface area contributed by atoms with Crippen LogP contribution < -0.4 is 11.1 Å². The van der Waals surface area contributed by atoms with E-state index in [0.717, 1.165) is 43.5 Å². The van der Waals surface area contributed by atoms with Crippen LogP contribution in [-0.4, -0.2) is 53.1 Å². The first-order chi connectivity index (χ1) is 14.2. The van der Waals surface area contributed by atoms with Gasteiger partial charge in [0.15, 0.2) is 0 Å². The number of nitrogens with zero attached hydrogens (tertiary/aromatic N) is 3. The van der Waals surface area contributed by atoms with Gasteiger partial charge >= 0.3 is 0 Å². The largest absolute Gasteiger partial charge is 0.368 e. The third-order valence-corrected chi connectivity index (χ3v) is 6.66. The Morgan fingerprint density at radius 2 is 2.03 bits per heavy atom. The number of aromatic nitrogens is 2. The lowest BCUT2D eigenvalue weighted by atomic mass is 9.82. The molecule has 2 atom stereocenters. The average Bonchev–Trinajstić information content (AvgIpc) is 3.25. The molecule has 3 aliphatic heterocycles. The highest BCUT2D eigenvalue weighted by molar-refractivity contribution is 5.83. The maximum Gasteiger partial charge on any atom is 0.240 e. The number of ether oxygens (including phenoxy) is 1. The number of amides is 1. The lowest BCUT2D eigenvalue weighted by Gasteiger charge is -2.44. The van der Waals surface area contributed by atoms with Gasteiger partial charge in [0.1, 0.15) is 5.60 Å². The Morgan fingerprint density at radius 3 is 2.83 bits per heavy atom. The number of piperidine rings is 1. The highest BCUT2D eigenvalue weighted by Crippen LogP contribution is 2.41. The Hall–Kier alpha value is -2.51. The molecular weight excluding hydrogens is 366 g/mol. The molecule has 0 aliphatic carbocycles. The first kappa shape index (κ1) is 18.5. The number of nitrogens with two attached hydrogens (primary N) is 1. The van der Waals surface area contributed by atoms with E-state index in [0.29, 0.717) is 19.7 Å². The number of hydrogen-bond acceptors (Lipinski definition) is 6. The van der Waals surface area contributed by atoms with Gasteiger partial charge in [-0.05, 0) is 43.4 Å². The van der Waals surface area contributed by atoms with E-state index in [1.54, 1.807) is 0 Å². The summed E-state index contributed by atoms with van der Waals surface area (Å²) >= 11 is 0. The van der Waals surface area contributed by atoms with Gasteiger partial charge in [-0.25, -0.2) is 9.97 Å². The van der Waals surface area contributed by atoms with E-state index in [1.165, 1.54) is 5.56 Å². The van der Waals surface area contributed by atoms with E-state index in [-0.39, 0.29) is 23.8 Å². The minimum atomic E-state index is -0.441. The van der Waals surface area contributed by atoms with Crippen molar-refractivity contribution in [2.45, 2.75) is 43.2 Å². The number of fused-ring (bicyclic) bond motifs is 2. The van der Waals surface area contributed by atoms with Gasteiger partial charge in [0.25, 0.3) is 0 Å². The van der Waals surface area contributed by atoms with Crippen molar-refractivity contribution in [1.29, 1.82) is 0 Å². The predicted octanol–water partition coefficient (Wildman–Crippen LogP) is 1.59. The van der Waals surface area contributed by atoms with E-state index in [4.69, 9.17) is 10.5 Å². The molecule has 0 radical (unpaired) electrons. The van der Waals surface area contributed by atoms with Crippen LogP contribution in [0.15, 0.2) is 36.5 Å². The normalized spacial score (nSPS) is 25.7. The Bertz CT molecular complexity index is 895. The van der Waals surface area contributed by atoms with Gasteiger partial charge in [0, 0.05) is 25.2 Å². The van der Waals surface area contributed by atoms with Crippen molar-refractivity contribution < 1.29 is 9.53 Å². The molecule has 0 saturated carbocycles. The van der Waals surface area contributed by atoms with Crippen LogP contribution in [0.2, 0.25) is 0 Å². The summed E-state index contributed by atoms with van der Waals surface area (Å²) in [5.41, 5.74) is 8.68. The van der Waals surface area contributed by atoms with Crippen LogP contribution in [0.1, 0.15) is 42.0 Å². The molecule has 1 spiro atoms. The molecule has 29 heavy (non-hydrogen) atoms. The predicted molar refractivity (Wildman–Crippen MR) is 109 cm³/mol. The van der Waals surface area contributed by atoms with Crippen molar-refractivity contribution in [3.8, 4) is 0 Å². The minimum absolute atomic E-state index is 0.149. The smallest absolute Gasteiger partial charge is 0.240 e. The number of likely N-dealkylation sites (tertiary alicyclic amines) is 1. The van der Waals surface area contributed by atoms with Crippen LogP contribution in [0.5, 0.6) is 0 Å². The SMILES string of the molecule is Nc1ncc2c(n1)C1(CCN(C(=O)[C@H]3NCC[C@@H]3c3ccccc3)CC1)OCC2. The number of carbonyl (C=O) groups is 1. The Morgan fingerprint density at radius 1 is 1.24 bits per heavy atom. The number of benzene rings is 1.